The largest absolute Gasteiger partial charge is 0.485 e. The van der Waals surface area contributed by atoms with Gasteiger partial charge in [-0.05, 0) is 6.07 Å². The van der Waals surface area contributed by atoms with Gasteiger partial charge in [-0.25, -0.2) is 4.98 Å². The first-order valence-electron chi connectivity index (χ1n) is 9.89. The number of piperidine rings is 1. The minimum Gasteiger partial charge on any atom is -0.485 e. The van der Waals surface area contributed by atoms with E-state index in [1.165, 1.54) is 0 Å². The van der Waals surface area contributed by atoms with Gasteiger partial charge in [0, 0.05) is 64.1 Å². The molecule has 2 aliphatic heterocycles. The fourth-order valence-electron chi connectivity index (χ4n) is 4.09. The number of fused-ring (bicyclic) bond motifs is 1. The highest BCUT2D eigenvalue weighted by molar-refractivity contribution is 5.76. The average molecular weight is 384 g/mol. The van der Waals surface area contributed by atoms with E-state index >= 15 is 0 Å². The van der Waals surface area contributed by atoms with Crippen molar-refractivity contribution in [3.8, 4) is 5.75 Å². The summed E-state index contributed by atoms with van der Waals surface area (Å²) in [6, 6.07) is 8.09. The fourth-order valence-corrected chi connectivity index (χ4v) is 4.09. The summed E-state index contributed by atoms with van der Waals surface area (Å²) >= 11 is 0. The predicted octanol–water partition coefficient (Wildman–Crippen LogP) is 1.79. The Morgan fingerprint density at radius 2 is 2.11 bits per heavy atom. The van der Waals surface area contributed by atoms with Crippen LogP contribution >= 0.6 is 0 Å². The van der Waals surface area contributed by atoms with Crippen LogP contribution in [0.3, 0.4) is 0 Å². The number of benzene rings is 1. The molecular weight excluding hydrogens is 356 g/mol. The molecule has 0 saturated carbocycles. The molecule has 7 heteroatoms. The van der Waals surface area contributed by atoms with Crippen molar-refractivity contribution in [2.24, 2.45) is 0 Å². The third-order valence-electron chi connectivity index (χ3n) is 5.75. The summed E-state index contributed by atoms with van der Waals surface area (Å²) in [7, 11) is 1.74. The lowest BCUT2D eigenvalue weighted by Gasteiger charge is -2.42. The second-order valence-electron chi connectivity index (χ2n) is 7.71. The van der Waals surface area contributed by atoms with Gasteiger partial charge in [-0.3, -0.25) is 4.79 Å². The molecular formula is C21H28N4O3. The summed E-state index contributed by atoms with van der Waals surface area (Å²) in [6.45, 7) is 5.09. The van der Waals surface area contributed by atoms with E-state index in [-0.39, 0.29) is 11.5 Å². The van der Waals surface area contributed by atoms with Crippen LogP contribution in [0.15, 0.2) is 43.0 Å². The first-order chi connectivity index (χ1) is 13.7. The standard InChI is InChI=1S/C21H28N4O3/c1-27-13-12-23-9-6-21(7-10-23)16-25(20(26)15-24-11-8-22-17-24)14-18-4-2-3-5-19(18)28-21/h2-5,8,11,17H,6-7,9-10,12-16H2,1H3. The highest BCUT2D eigenvalue weighted by Crippen LogP contribution is 2.35. The number of amides is 1. The summed E-state index contributed by atoms with van der Waals surface area (Å²) in [5.74, 6) is 1.00. The predicted molar refractivity (Wildman–Crippen MR) is 105 cm³/mol. The summed E-state index contributed by atoms with van der Waals surface area (Å²) in [6.07, 6.45) is 7.01. The van der Waals surface area contributed by atoms with Crippen LogP contribution in [0.5, 0.6) is 5.75 Å². The molecule has 28 heavy (non-hydrogen) atoms. The summed E-state index contributed by atoms with van der Waals surface area (Å²) in [4.78, 5) is 21.5. The number of carbonyl (C=O) groups is 1. The van der Waals surface area contributed by atoms with Crippen molar-refractivity contribution in [3.05, 3.63) is 48.5 Å². The molecule has 1 amide bonds. The monoisotopic (exact) mass is 384 g/mol. The van der Waals surface area contributed by atoms with Gasteiger partial charge in [-0.15, -0.1) is 0 Å². The van der Waals surface area contributed by atoms with Crippen LogP contribution in [0.25, 0.3) is 0 Å². The Hall–Kier alpha value is -2.38. The van der Waals surface area contributed by atoms with Crippen molar-refractivity contribution in [1.29, 1.82) is 0 Å². The summed E-state index contributed by atoms with van der Waals surface area (Å²) in [5, 5.41) is 0. The van der Waals surface area contributed by atoms with E-state index in [0.29, 0.717) is 19.6 Å². The molecule has 1 spiro atoms. The van der Waals surface area contributed by atoms with E-state index in [4.69, 9.17) is 9.47 Å². The van der Waals surface area contributed by atoms with Crippen LogP contribution in [-0.2, 0) is 22.6 Å². The smallest absolute Gasteiger partial charge is 0.242 e. The highest BCUT2D eigenvalue weighted by atomic mass is 16.5. The number of likely N-dealkylation sites (tertiary alicyclic amines) is 1. The normalized spacial score (nSPS) is 19.1. The van der Waals surface area contributed by atoms with E-state index in [1.807, 2.05) is 33.9 Å². The summed E-state index contributed by atoms with van der Waals surface area (Å²) in [5.41, 5.74) is 0.737. The molecule has 4 rings (SSSR count). The Balaban J connectivity index is 1.53. The van der Waals surface area contributed by atoms with Gasteiger partial charge in [0.1, 0.15) is 17.9 Å². The third-order valence-corrected chi connectivity index (χ3v) is 5.75. The van der Waals surface area contributed by atoms with Gasteiger partial charge in [0.2, 0.25) is 5.91 Å². The van der Waals surface area contributed by atoms with Crippen molar-refractivity contribution in [3.63, 3.8) is 0 Å². The highest BCUT2D eigenvalue weighted by Gasteiger charge is 2.41. The van der Waals surface area contributed by atoms with Crippen LogP contribution in [0, 0.1) is 0 Å². The minimum atomic E-state index is -0.333. The second-order valence-corrected chi connectivity index (χ2v) is 7.71. The minimum absolute atomic E-state index is 0.0968. The van der Waals surface area contributed by atoms with Gasteiger partial charge in [0.05, 0.1) is 19.5 Å². The van der Waals surface area contributed by atoms with Crippen molar-refractivity contribution in [1.82, 2.24) is 19.4 Å². The number of para-hydroxylation sites is 1. The van der Waals surface area contributed by atoms with Gasteiger partial charge < -0.3 is 23.8 Å². The number of nitrogens with zero attached hydrogens (tertiary/aromatic N) is 4. The van der Waals surface area contributed by atoms with Gasteiger partial charge >= 0.3 is 0 Å². The quantitative estimate of drug-likeness (QED) is 0.787. The first-order valence-corrected chi connectivity index (χ1v) is 9.89. The Bertz CT molecular complexity index is 785. The lowest BCUT2D eigenvalue weighted by atomic mass is 9.90. The zero-order valence-corrected chi connectivity index (χ0v) is 16.4. The first kappa shape index (κ1) is 19.0. The molecule has 0 atom stereocenters. The SMILES string of the molecule is COCCN1CCC2(CC1)CN(C(=O)Cn1ccnc1)Cc1ccccc1O2. The van der Waals surface area contributed by atoms with Crippen molar-refractivity contribution in [2.45, 2.75) is 31.5 Å². The Labute approximate surface area is 165 Å². The number of rotatable bonds is 5. The number of hydrogen-bond acceptors (Lipinski definition) is 5. The Morgan fingerprint density at radius 1 is 1.29 bits per heavy atom. The van der Waals surface area contributed by atoms with Gasteiger partial charge in [-0.2, -0.15) is 0 Å². The maximum atomic E-state index is 13.1. The van der Waals surface area contributed by atoms with Crippen molar-refractivity contribution >= 4 is 5.91 Å². The molecule has 3 heterocycles. The van der Waals surface area contributed by atoms with Gasteiger partial charge in [-0.1, -0.05) is 18.2 Å². The van der Waals surface area contributed by atoms with Gasteiger partial charge in [0.25, 0.3) is 0 Å². The Morgan fingerprint density at radius 3 is 2.86 bits per heavy atom. The lowest BCUT2D eigenvalue weighted by molar-refractivity contribution is -0.136. The topological polar surface area (TPSA) is 59.8 Å². The van der Waals surface area contributed by atoms with Crippen LogP contribution in [-0.4, -0.2) is 70.8 Å². The molecule has 2 aliphatic rings. The average Bonchev–Trinajstić information content (AvgIpc) is 3.15. The molecule has 0 aliphatic carbocycles. The maximum Gasteiger partial charge on any atom is 0.242 e. The zero-order chi connectivity index (χ0) is 19.4. The van der Waals surface area contributed by atoms with Crippen LogP contribution in [0.2, 0.25) is 0 Å². The van der Waals surface area contributed by atoms with E-state index in [9.17, 15) is 4.79 Å². The maximum absolute atomic E-state index is 13.1. The zero-order valence-electron chi connectivity index (χ0n) is 16.4. The third kappa shape index (κ3) is 4.20. The number of hydrogen-bond donors (Lipinski definition) is 0. The molecule has 7 nitrogen and oxygen atoms in total. The number of carbonyl (C=O) groups excluding carboxylic acids is 1. The number of imidazole rings is 1. The van der Waals surface area contributed by atoms with Crippen molar-refractivity contribution in [2.75, 3.05) is 39.9 Å². The number of aromatic nitrogens is 2. The number of ether oxygens (including phenoxy) is 2. The molecule has 1 aromatic carbocycles. The molecule has 150 valence electrons. The number of methoxy groups -OCH3 is 1. The molecule has 0 radical (unpaired) electrons. The lowest BCUT2D eigenvalue weighted by Crippen LogP contribution is -2.54. The van der Waals surface area contributed by atoms with Gasteiger partial charge in [0.15, 0.2) is 0 Å². The van der Waals surface area contributed by atoms with E-state index in [1.54, 1.807) is 19.6 Å². The summed E-state index contributed by atoms with van der Waals surface area (Å²) < 4.78 is 13.6. The molecule has 0 bridgehead atoms. The molecule has 2 aromatic rings. The Kier molecular flexibility index (Phi) is 5.64. The molecule has 1 fully saturated rings. The van der Waals surface area contributed by atoms with Crippen molar-refractivity contribution < 1.29 is 14.3 Å². The molecule has 1 saturated heterocycles. The van der Waals surface area contributed by atoms with Crippen LogP contribution in [0.1, 0.15) is 18.4 Å². The molecule has 1 aromatic heterocycles. The second kappa shape index (κ2) is 8.32. The van der Waals surface area contributed by atoms with Crippen LogP contribution < -0.4 is 4.74 Å². The van der Waals surface area contributed by atoms with Crippen LogP contribution in [0.4, 0.5) is 0 Å². The molecule has 0 unspecified atom stereocenters. The van der Waals surface area contributed by atoms with E-state index in [2.05, 4.69) is 16.0 Å². The molecule has 0 N–H and O–H groups in total. The van der Waals surface area contributed by atoms with E-state index in [0.717, 1.165) is 50.4 Å². The fraction of sp³-hybridized carbons (Fsp3) is 0.524. The van der Waals surface area contributed by atoms with E-state index < -0.39 is 0 Å².